The van der Waals surface area contributed by atoms with Gasteiger partial charge in [-0.1, -0.05) is 62.7 Å². The molecule has 0 aliphatic heterocycles. The predicted molar refractivity (Wildman–Crippen MR) is 131 cm³/mol. The van der Waals surface area contributed by atoms with Gasteiger partial charge in [-0.05, 0) is 48.2 Å². The van der Waals surface area contributed by atoms with E-state index in [-0.39, 0.29) is 11.5 Å². The zero-order chi connectivity index (χ0) is 22.9. The zero-order valence-corrected chi connectivity index (χ0v) is 19.8. The van der Waals surface area contributed by atoms with Crippen LogP contribution in [0.15, 0.2) is 65.6 Å². The lowest BCUT2D eigenvalue weighted by atomic mass is 9.95. The average Bonchev–Trinajstić information content (AvgIpc) is 3.38. The summed E-state index contributed by atoms with van der Waals surface area (Å²) in [6, 6.07) is 17.4. The van der Waals surface area contributed by atoms with Gasteiger partial charge in [-0.25, -0.2) is 4.68 Å². The summed E-state index contributed by atoms with van der Waals surface area (Å²) in [5.41, 5.74) is 2.72. The van der Waals surface area contributed by atoms with E-state index < -0.39 is 5.41 Å². The third kappa shape index (κ3) is 4.76. The van der Waals surface area contributed by atoms with Gasteiger partial charge in [0.05, 0.1) is 15.6 Å². The Balaban J connectivity index is 1.75. The number of aromatic nitrogens is 3. The molecule has 32 heavy (non-hydrogen) atoms. The van der Waals surface area contributed by atoms with Crippen LogP contribution >= 0.6 is 22.9 Å². The highest BCUT2D eigenvalue weighted by Crippen LogP contribution is 2.27. The van der Waals surface area contributed by atoms with E-state index in [2.05, 4.69) is 10.1 Å². The van der Waals surface area contributed by atoms with Gasteiger partial charge in [-0.2, -0.15) is 5.10 Å². The third-order valence-corrected chi connectivity index (χ3v) is 6.45. The Labute approximate surface area is 195 Å². The number of hydrogen-bond acceptors (Lipinski definition) is 4. The molecule has 4 aromatic rings. The van der Waals surface area contributed by atoms with Gasteiger partial charge in [0.1, 0.15) is 0 Å². The first kappa shape index (κ1) is 22.2. The van der Waals surface area contributed by atoms with Crippen molar-refractivity contribution in [2.24, 2.45) is 5.41 Å². The number of hydrogen-bond donors (Lipinski definition) is 1. The molecular weight excluding hydrogens is 442 g/mol. The Kier molecular flexibility index (Phi) is 6.17. The van der Waals surface area contributed by atoms with Crippen LogP contribution in [0, 0.1) is 5.41 Å². The lowest BCUT2D eigenvalue weighted by molar-refractivity contribution is 0.0745. The fourth-order valence-electron chi connectivity index (χ4n) is 3.43. The first-order valence-electron chi connectivity index (χ1n) is 10.4. The van der Waals surface area contributed by atoms with Crippen molar-refractivity contribution in [3.8, 4) is 22.4 Å². The van der Waals surface area contributed by atoms with Gasteiger partial charge in [0.15, 0.2) is 0 Å². The van der Waals surface area contributed by atoms with E-state index in [4.69, 9.17) is 11.6 Å². The van der Waals surface area contributed by atoms with Gasteiger partial charge >= 0.3 is 0 Å². The molecule has 0 spiro atoms. The van der Waals surface area contributed by atoms with Crippen LogP contribution in [0.5, 0.6) is 0 Å². The quantitative estimate of drug-likeness (QED) is 0.387. The molecule has 3 aromatic heterocycles. The molecule has 0 atom stereocenters. The summed E-state index contributed by atoms with van der Waals surface area (Å²) in [5.74, 6) is -0.112. The van der Waals surface area contributed by atoms with Gasteiger partial charge in [0.2, 0.25) is 0 Å². The van der Waals surface area contributed by atoms with Gasteiger partial charge in [-0.3, -0.25) is 9.59 Å². The minimum Gasteiger partial charge on any atom is -0.328 e. The molecule has 5 nitrogen and oxygen atoms in total. The minimum absolute atomic E-state index is 0.112. The fraction of sp³-hybridized carbons (Fsp3) is 0.240. The summed E-state index contributed by atoms with van der Waals surface area (Å²) in [4.78, 5) is 29.7. The van der Waals surface area contributed by atoms with E-state index in [9.17, 15) is 9.59 Å². The molecule has 0 radical (unpaired) electrons. The van der Waals surface area contributed by atoms with Crippen molar-refractivity contribution in [2.45, 2.75) is 33.6 Å². The van der Waals surface area contributed by atoms with E-state index in [1.54, 1.807) is 6.20 Å². The van der Waals surface area contributed by atoms with Crippen molar-refractivity contribution >= 4 is 28.8 Å². The molecule has 0 saturated carbocycles. The summed E-state index contributed by atoms with van der Waals surface area (Å²) in [7, 11) is 0. The fourth-order valence-corrected chi connectivity index (χ4v) is 4.52. The summed E-state index contributed by atoms with van der Waals surface area (Å²) < 4.78 is 2.20. The number of carbonyl (C=O) groups is 1. The lowest BCUT2D eigenvalue weighted by Crippen LogP contribution is -2.29. The normalized spacial score (nSPS) is 11.6. The summed E-state index contributed by atoms with van der Waals surface area (Å²) in [5, 5.41) is 4.58. The molecule has 0 amide bonds. The van der Waals surface area contributed by atoms with Crippen LogP contribution in [-0.2, 0) is 12.8 Å². The van der Waals surface area contributed by atoms with Crippen molar-refractivity contribution in [1.82, 2.24) is 14.8 Å². The molecule has 3 heterocycles. The number of aryl methyl sites for hydroxylation is 2. The molecule has 0 bridgehead atoms. The van der Waals surface area contributed by atoms with Crippen LogP contribution in [0.1, 0.15) is 36.1 Å². The molecule has 0 aliphatic carbocycles. The molecular formula is C25H24ClN3O2S. The molecule has 164 valence electrons. The first-order valence-corrected chi connectivity index (χ1v) is 11.6. The van der Waals surface area contributed by atoms with Gasteiger partial charge < -0.3 is 4.98 Å². The topological polar surface area (TPSA) is 67.8 Å². The summed E-state index contributed by atoms with van der Waals surface area (Å²) >= 11 is 7.59. The third-order valence-electron chi connectivity index (χ3n) is 5.16. The Morgan fingerprint density at radius 1 is 1.06 bits per heavy atom. The summed E-state index contributed by atoms with van der Waals surface area (Å²) in [6.45, 7) is 5.59. The Morgan fingerprint density at radius 2 is 1.81 bits per heavy atom. The maximum Gasteiger partial charge on any atom is 0.257 e. The molecule has 7 heteroatoms. The standard InChI is InChI=1S/C25H24ClN3O2S/c1-25(2,3)24(31)29-18(9-10-19-11-12-22(26)32-19)14-21(28-29)20-13-17(15-27-23(20)30)16-7-5-4-6-8-16/h4-8,11-15H,9-10H2,1-3H3,(H,27,30). The molecule has 1 N–H and O–H groups in total. The maximum atomic E-state index is 13.1. The van der Waals surface area contributed by atoms with Gasteiger partial charge in [0.25, 0.3) is 11.5 Å². The Bertz CT molecular complexity index is 1310. The first-order chi connectivity index (χ1) is 15.2. The number of H-pyrrole nitrogens is 1. The van der Waals surface area contributed by atoms with Crippen LogP contribution < -0.4 is 5.56 Å². The SMILES string of the molecule is CC(C)(C)C(=O)n1nc(-c2cc(-c3ccccc3)c[nH]c2=O)cc1CCc1ccc(Cl)s1. The van der Waals surface area contributed by atoms with Crippen molar-refractivity contribution in [1.29, 1.82) is 0 Å². The zero-order valence-electron chi connectivity index (χ0n) is 18.2. The number of aromatic amines is 1. The van der Waals surface area contributed by atoms with Crippen molar-refractivity contribution in [3.05, 3.63) is 86.1 Å². The highest BCUT2D eigenvalue weighted by Gasteiger charge is 2.27. The Morgan fingerprint density at radius 3 is 2.47 bits per heavy atom. The summed E-state index contributed by atoms with van der Waals surface area (Å²) in [6.07, 6.45) is 3.04. The number of carbonyl (C=O) groups excluding carboxylic acids is 1. The Hall–Kier alpha value is -2.96. The number of thiophene rings is 1. The number of pyridine rings is 1. The second kappa shape index (κ2) is 8.88. The molecule has 0 aliphatic rings. The highest BCUT2D eigenvalue weighted by molar-refractivity contribution is 7.16. The average molecular weight is 466 g/mol. The number of halogens is 1. The van der Waals surface area contributed by atoms with E-state index >= 15 is 0 Å². The van der Waals surface area contributed by atoms with Crippen molar-refractivity contribution in [3.63, 3.8) is 0 Å². The number of rotatable bonds is 5. The smallest absolute Gasteiger partial charge is 0.257 e. The van der Waals surface area contributed by atoms with E-state index in [0.29, 0.717) is 17.7 Å². The second-order valence-corrected chi connectivity index (χ2v) is 10.5. The number of nitrogens with one attached hydrogen (secondary N) is 1. The van der Waals surface area contributed by atoms with Crippen LogP contribution in [0.25, 0.3) is 22.4 Å². The van der Waals surface area contributed by atoms with E-state index in [1.165, 1.54) is 16.0 Å². The highest BCUT2D eigenvalue weighted by atomic mass is 35.5. The van der Waals surface area contributed by atoms with Crippen molar-refractivity contribution in [2.75, 3.05) is 0 Å². The second-order valence-electron chi connectivity index (χ2n) is 8.69. The van der Waals surface area contributed by atoms with Gasteiger partial charge in [-0.15, -0.1) is 11.3 Å². The van der Waals surface area contributed by atoms with Crippen LogP contribution in [0.4, 0.5) is 0 Å². The molecule has 1 aromatic carbocycles. The lowest BCUT2D eigenvalue weighted by Gasteiger charge is -2.17. The van der Waals surface area contributed by atoms with E-state index in [0.717, 1.165) is 32.5 Å². The minimum atomic E-state index is -0.609. The largest absolute Gasteiger partial charge is 0.328 e. The maximum absolute atomic E-state index is 13.1. The van der Waals surface area contributed by atoms with Gasteiger partial charge in [0, 0.05) is 22.2 Å². The van der Waals surface area contributed by atoms with Crippen LogP contribution in [0.2, 0.25) is 4.34 Å². The van der Waals surface area contributed by atoms with Crippen LogP contribution in [-0.4, -0.2) is 20.7 Å². The molecule has 4 rings (SSSR count). The molecule has 0 fully saturated rings. The van der Waals surface area contributed by atoms with Crippen LogP contribution in [0.3, 0.4) is 0 Å². The van der Waals surface area contributed by atoms with Crippen molar-refractivity contribution < 1.29 is 4.79 Å². The van der Waals surface area contributed by atoms with E-state index in [1.807, 2.05) is 75.4 Å². The molecule has 0 unspecified atom stereocenters. The number of nitrogens with zero attached hydrogens (tertiary/aromatic N) is 2. The number of benzene rings is 1. The predicted octanol–water partition coefficient (Wildman–Crippen LogP) is 6.09. The monoisotopic (exact) mass is 465 g/mol. The molecule has 0 saturated heterocycles.